The Labute approximate surface area is 159 Å². The molecule has 4 aromatic carbocycles. The Bertz CT molecular complexity index is 1290. The van der Waals surface area contributed by atoms with E-state index in [4.69, 9.17) is 0 Å². The number of fused-ring (bicyclic) bond motifs is 4. The number of rotatable bonds is 1. The Morgan fingerprint density at radius 2 is 1.26 bits per heavy atom. The zero-order valence-electron chi connectivity index (χ0n) is 16.0. The molecule has 0 amide bonds. The first kappa shape index (κ1) is 16.1. The van der Waals surface area contributed by atoms with Gasteiger partial charge in [-0.25, -0.2) is 0 Å². The molecule has 5 aromatic rings. The van der Waals surface area contributed by atoms with Crippen LogP contribution in [0.4, 0.5) is 0 Å². The molecule has 1 nitrogen and oxygen atoms in total. The average molecular weight is 349 g/mol. The molecule has 0 radical (unpaired) electrons. The number of benzene rings is 4. The summed E-state index contributed by atoms with van der Waals surface area (Å²) in [6, 6.07) is 30.9. The number of hydrogen-bond donors (Lipinski definition) is 0. The van der Waals surface area contributed by atoms with Crippen LogP contribution in [-0.4, -0.2) is 4.57 Å². The first-order valence-corrected chi connectivity index (χ1v) is 9.56. The topological polar surface area (TPSA) is 4.93 Å². The number of hydrogen-bond acceptors (Lipinski definition) is 0. The lowest BCUT2D eigenvalue weighted by atomic mass is 9.86. The van der Waals surface area contributed by atoms with Crippen LogP contribution in [0, 0.1) is 0 Å². The van der Waals surface area contributed by atoms with Gasteiger partial charge < -0.3 is 4.57 Å². The molecule has 1 heteroatoms. The van der Waals surface area contributed by atoms with Crippen molar-refractivity contribution in [3.63, 3.8) is 0 Å². The summed E-state index contributed by atoms with van der Waals surface area (Å²) in [6.45, 7) is 6.83. The van der Waals surface area contributed by atoms with E-state index >= 15 is 0 Å². The van der Waals surface area contributed by atoms with Crippen LogP contribution in [0.15, 0.2) is 84.9 Å². The van der Waals surface area contributed by atoms with Gasteiger partial charge in [0.1, 0.15) is 0 Å². The molecule has 1 heterocycles. The Morgan fingerprint density at radius 3 is 2.07 bits per heavy atom. The van der Waals surface area contributed by atoms with Gasteiger partial charge in [-0.3, -0.25) is 0 Å². The minimum atomic E-state index is 0.119. The predicted molar refractivity (Wildman–Crippen MR) is 117 cm³/mol. The summed E-state index contributed by atoms with van der Waals surface area (Å²) in [6.07, 6.45) is 0. The molecule has 0 spiro atoms. The smallest absolute Gasteiger partial charge is 0.0544 e. The van der Waals surface area contributed by atoms with E-state index in [0.717, 1.165) is 0 Å². The Morgan fingerprint density at radius 1 is 0.593 bits per heavy atom. The van der Waals surface area contributed by atoms with Gasteiger partial charge in [-0.2, -0.15) is 0 Å². The summed E-state index contributed by atoms with van der Waals surface area (Å²) in [5.74, 6) is 0. The molecule has 0 bridgehead atoms. The lowest BCUT2D eigenvalue weighted by Crippen LogP contribution is -2.10. The second-order valence-corrected chi connectivity index (χ2v) is 8.33. The second kappa shape index (κ2) is 5.72. The van der Waals surface area contributed by atoms with Gasteiger partial charge >= 0.3 is 0 Å². The summed E-state index contributed by atoms with van der Waals surface area (Å²) < 4.78 is 2.43. The predicted octanol–water partition coefficient (Wildman–Crippen LogP) is 7.23. The van der Waals surface area contributed by atoms with Crippen molar-refractivity contribution < 1.29 is 0 Å². The van der Waals surface area contributed by atoms with Crippen LogP contribution in [0.5, 0.6) is 0 Å². The summed E-state index contributed by atoms with van der Waals surface area (Å²) in [5.41, 5.74) is 5.26. The SMILES string of the molecule is CC(C)(C)c1ccc2c3ccccc3n(-c3cccc4ccccc34)c2c1. The second-order valence-electron chi connectivity index (χ2n) is 8.33. The molecule has 5 rings (SSSR count). The molecule has 132 valence electrons. The van der Waals surface area contributed by atoms with Crippen LogP contribution in [0.3, 0.4) is 0 Å². The maximum Gasteiger partial charge on any atom is 0.0544 e. The fourth-order valence-corrected chi connectivity index (χ4v) is 4.10. The van der Waals surface area contributed by atoms with E-state index in [1.807, 2.05) is 0 Å². The molecule has 0 N–H and O–H groups in total. The fourth-order valence-electron chi connectivity index (χ4n) is 4.10. The Hall–Kier alpha value is -3.06. The van der Waals surface area contributed by atoms with Gasteiger partial charge in [0.2, 0.25) is 0 Å². The van der Waals surface area contributed by atoms with Gasteiger partial charge in [0, 0.05) is 16.2 Å². The highest BCUT2D eigenvalue weighted by Crippen LogP contribution is 2.36. The minimum Gasteiger partial charge on any atom is -0.309 e. The highest BCUT2D eigenvalue weighted by molar-refractivity contribution is 6.10. The normalized spacial score (nSPS) is 12.3. The summed E-state index contributed by atoms with van der Waals surface area (Å²) in [7, 11) is 0. The quantitative estimate of drug-likeness (QED) is 0.301. The molecule has 0 saturated heterocycles. The van der Waals surface area contributed by atoms with Gasteiger partial charge in [-0.15, -0.1) is 0 Å². The molecular formula is C26H23N. The zero-order chi connectivity index (χ0) is 18.6. The first-order valence-electron chi connectivity index (χ1n) is 9.56. The maximum atomic E-state index is 2.43. The van der Waals surface area contributed by atoms with E-state index in [0.29, 0.717) is 0 Å². The number of aromatic nitrogens is 1. The van der Waals surface area contributed by atoms with Crippen molar-refractivity contribution in [3.8, 4) is 5.69 Å². The third-order valence-electron chi connectivity index (χ3n) is 5.55. The van der Waals surface area contributed by atoms with Crippen molar-refractivity contribution in [2.45, 2.75) is 26.2 Å². The summed E-state index contributed by atoms with van der Waals surface area (Å²) in [5, 5.41) is 5.17. The van der Waals surface area contributed by atoms with Gasteiger partial charge in [0.05, 0.1) is 16.7 Å². The van der Waals surface area contributed by atoms with Gasteiger partial charge in [-0.05, 0) is 34.6 Å². The molecule has 0 aliphatic rings. The molecular weight excluding hydrogens is 326 g/mol. The van der Waals surface area contributed by atoms with Crippen LogP contribution in [0.1, 0.15) is 26.3 Å². The molecule has 0 saturated carbocycles. The van der Waals surface area contributed by atoms with Crippen LogP contribution >= 0.6 is 0 Å². The summed E-state index contributed by atoms with van der Waals surface area (Å²) in [4.78, 5) is 0. The van der Waals surface area contributed by atoms with E-state index in [1.54, 1.807) is 0 Å². The van der Waals surface area contributed by atoms with Gasteiger partial charge in [0.25, 0.3) is 0 Å². The molecule has 0 aliphatic heterocycles. The van der Waals surface area contributed by atoms with E-state index in [-0.39, 0.29) is 5.41 Å². The van der Waals surface area contributed by atoms with E-state index in [1.165, 1.54) is 43.8 Å². The number of para-hydroxylation sites is 1. The van der Waals surface area contributed by atoms with Crippen LogP contribution in [-0.2, 0) is 5.41 Å². The van der Waals surface area contributed by atoms with Crippen molar-refractivity contribution >= 4 is 32.6 Å². The molecule has 0 fully saturated rings. The molecule has 1 aromatic heterocycles. The van der Waals surface area contributed by atoms with Crippen LogP contribution in [0.2, 0.25) is 0 Å². The Balaban J connectivity index is 1.97. The summed E-state index contributed by atoms with van der Waals surface area (Å²) >= 11 is 0. The van der Waals surface area contributed by atoms with E-state index in [2.05, 4.69) is 110 Å². The standard InChI is InChI=1S/C26H23N/c1-26(2,3)19-15-16-22-21-12-6-7-13-24(21)27(25(22)17-19)23-14-8-10-18-9-4-5-11-20(18)23/h4-17H,1-3H3. The van der Waals surface area contributed by atoms with Crippen LogP contribution < -0.4 is 0 Å². The molecule has 0 aliphatic carbocycles. The maximum absolute atomic E-state index is 2.43. The molecule has 0 atom stereocenters. The molecule has 0 unspecified atom stereocenters. The largest absolute Gasteiger partial charge is 0.309 e. The highest BCUT2D eigenvalue weighted by Gasteiger charge is 2.18. The average Bonchev–Trinajstić information content (AvgIpc) is 3.00. The number of nitrogens with zero attached hydrogens (tertiary/aromatic N) is 1. The van der Waals surface area contributed by atoms with Crippen LogP contribution in [0.25, 0.3) is 38.3 Å². The highest BCUT2D eigenvalue weighted by atomic mass is 15.0. The first-order chi connectivity index (χ1) is 13.0. The Kier molecular flexibility index (Phi) is 3.42. The molecule has 27 heavy (non-hydrogen) atoms. The van der Waals surface area contributed by atoms with E-state index < -0.39 is 0 Å². The van der Waals surface area contributed by atoms with Gasteiger partial charge in [-0.1, -0.05) is 87.5 Å². The minimum absolute atomic E-state index is 0.119. The van der Waals surface area contributed by atoms with E-state index in [9.17, 15) is 0 Å². The third kappa shape index (κ3) is 2.46. The fraction of sp³-hybridized carbons (Fsp3) is 0.154. The van der Waals surface area contributed by atoms with Crippen molar-refractivity contribution in [2.75, 3.05) is 0 Å². The monoisotopic (exact) mass is 349 g/mol. The van der Waals surface area contributed by atoms with Crippen molar-refractivity contribution in [1.29, 1.82) is 0 Å². The van der Waals surface area contributed by atoms with Crippen molar-refractivity contribution in [1.82, 2.24) is 4.57 Å². The lowest BCUT2D eigenvalue weighted by molar-refractivity contribution is 0.591. The van der Waals surface area contributed by atoms with Crippen molar-refractivity contribution in [2.24, 2.45) is 0 Å². The zero-order valence-corrected chi connectivity index (χ0v) is 16.0. The van der Waals surface area contributed by atoms with Crippen molar-refractivity contribution in [3.05, 3.63) is 90.5 Å². The lowest BCUT2D eigenvalue weighted by Gasteiger charge is -2.19. The van der Waals surface area contributed by atoms with Gasteiger partial charge in [0.15, 0.2) is 0 Å². The third-order valence-corrected chi connectivity index (χ3v) is 5.55.